The zero-order valence-electron chi connectivity index (χ0n) is 17.6. The molecule has 0 radical (unpaired) electrons. The van der Waals surface area contributed by atoms with Crippen LogP contribution < -0.4 is 5.32 Å². The number of nitrogens with zero attached hydrogens (tertiary/aromatic N) is 2. The molecule has 1 aliphatic rings. The minimum atomic E-state index is -0.958. The van der Waals surface area contributed by atoms with Crippen molar-refractivity contribution in [2.45, 2.75) is 25.3 Å². The number of amides is 1. The van der Waals surface area contributed by atoms with Crippen molar-refractivity contribution in [2.24, 2.45) is 0 Å². The van der Waals surface area contributed by atoms with Gasteiger partial charge in [0, 0.05) is 25.1 Å². The summed E-state index contributed by atoms with van der Waals surface area (Å²) in [5.74, 6) is 4.92. The molecule has 1 aromatic heterocycles. The van der Waals surface area contributed by atoms with E-state index in [1.54, 1.807) is 13.1 Å². The van der Waals surface area contributed by atoms with E-state index in [1.807, 2.05) is 24.3 Å². The smallest absolute Gasteiger partial charge is 0.407 e. The Morgan fingerprint density at radius 3 is 2.47 bits per heavy atom. The number of carboxylic acids is 1. The van der Waals surface area contributed by atoms with Gasteiger partial charge < -0.3 is 15.2 Å². The number of hydrogen-bond acceptors (Lipinski definition) is 4. The summed E-state index contributed by atoms with van der Waals surface area (Å²) in [6, 6.07) is 15.6. The lowest BCUT2D eigenvalue weighted by atomic mass is 9.98. The topological polar surface area (TPSA) is 93.5 Å². The first-order valence-corrected chi connectivity index (χ1v) is 10.4. The summed E-state index contributed by atoms with van der Waals surface area (Å²) in [4.78, 5) is 23.1. The molecule has 2 N–H and O–H groups in total. The average Bonchev–Trinajstić information content (AvgIpc) is 3.40. The van der Waals surface area contributed by atoms with Gasteiger partial charge in [-0.05, 0) is 29.2 Å². The van der Waals surface area contributed by atoms with E-state index in [9.17, 15) is 9.59 Å². The lowest BCUT2D eigenvalue weighted by molar-refractivity contribution is -0.140. The summed E-state index contributed by atoms with van der Waals surface area (Å²) >= 11 is 0. The van der Waals surface area contributed by atoms with Crippen LogP contribution in [0.25, 0.3) is 11.1 Å². The van der Waals surface area contributed by atoms with Crippen LogP contribution in [0.2, 0.25) is 0 Å². The molecule has 32 heavy (non-hydrogen) atoms. The first-order valence-electron chi connectivity index (χ1n) is 10.4. The number of alkyl carbamates (subject to hydrolysis) is 1. The summed E-state index contributed by atoms with van der Waals surface area (Å²) in [6.07, 6.45) is 3.07. The molecule has 0 saturated heterocycles. The monoisotopic (exact) mass is 429 g/mol. The van der Waals surface area contributed by atoms with E-state index < -0.39 is 18.1 Å². The summed E-state index contributed by atoms with van der Waals surface area (Å²) in [5.41, 5.74) is 5.34. The first kappa shape index (κ1) is 21.2. The maximum absolute atomic E-state index is 12.1. The Bertz CT molecular complexity index is 1160. The number of ether oxygens (including phenoxy) is 1. The van der Waals surface area contributed by atoms with Crippen molar-refractivity contribution < 1.29 is 19.4 Å². The van der Waals surface area contributed by atoms with Crippen molar-refractivity contribution in [2.75, 3.05) is 13.2 Å². The molecule has 1 amide bonds. The molecule has 0 unspecified atom stereocenters. The van der Waals surface area contributed by atoms with Crippen molar-refractivity contribution in [3.63, 3.8) is 0 Å². The molecule has 4 rings (SSSR count). The average molecular weight is 429 g/mol. The lowest BCUT2D eigenvalue weighted by Gasteiger charge is -2.14. The number of benzene rings is 2. The highest BCUT2D eigenvalue weighted by atomic mass is 16.5. The minimum Gasteiger partial charge on any atom is -0.480 e. The maximum atomic E-state index is 12.1. The molecule has 2 aromatic carbocycles. The number of nitrogens with one attached hydrogen (secondary N) is 1. The van der Waals surface area contributed by atoms with Crippen molar-refractivity contribution in [3.8, 4) is 23.0 Å². The second-order valence-corrected chi connectivity index (χ2v) is 7.53. The van der Waals surface area contributed by atoms with E-state index in [-0.39, 0.29) is 12.5 Å². The number of carbonyl (C=O) groups excluding carboxylic acids is 1. The quantitative estimate of drug-likeness (QED) is 0.459. The largest absolute Gasteiger partial charge is 0.480 e. The van der Waals surface area contributed by atoms with Crippen LogP contribution in [-0.2, 0) is 9.53 Å². The molecule has 1 aliphatic carbocycles. The van der Waals surface area contributed by atoms with Gasteiger partial charge in [0.1, 0.15) is 12.6 Å². The van der Waals surface area contributed by atoms with Gasteiger partial charge in [0.2, 0.25) is 0 Å². The summed E-state index contributed by atoms with van der Waals surface area (Å²) in [5, 5.41) is 15.7. The second-order valence-electron chi connectivity index (χ2n) is 7.53. The number of aliphatic carboxylic acids is 1. The van der Waals surface area contributed by atoms with E-state index in [0.29, 0.717) is 18.5 Å². The molecule has 0 aliphatic heterocycles. The van der Waals surface area contributed by atoms with Crippen molar-refractivity contribution >= 4 is 12.1 Å². The van der Waals surface area contributed by atoms with E-state index in [2.05, 4.69) is 46.5 Å². The molecule has 3 aromatic rings. The van der Waals surface area contributed by atoms with Crippen molar-refractivity contribution in [1.29, 1.82) is 0 Å². The van der Waals surface area contributed by atoms with Gasteiger partial charge in [0.05, 0.1) is 11.8 Å². The van der Waals surface area contributed by atoms with Crippen LogP contribution in [0.5, 0.6) is 0 Å². The van der Waals surface area contributed by atoms with Gasteiger partial charge in [-0.2, -0.15) is 5.10 Å². The number of carboxylic acid groups (broad SMARTS) is 1. The number of hydrogen-bond donors (Lipinski definition) is 2. The molecule has 7 nitrogen and oxygen atoms in total. The standard InChI is InChI=1S/C25H23N3O4/c1-17(24(29)30)28-15-18(14-27-28)8-6-7-13-26-25(31)32-16-23-21-11-4-2-9-19(21)20-10-3-5-12-22(20)23/h2-5,9-12,14-15,17,23H,7,13,16H2,1H3,(H,26,31)(H,29,30)/t17-/m0/s1. The van der Waals surface area contributed by atoms with Gasteiger partial charge in [-0.3, -0.25) is 4.68 Å². The third kappa shape index (κ3) is 4.49. The molecule has 7 heteroatoms. The van der Waals surface area contributed by atoms with E-state index in [4.69, 9.17) is 9.84 Å². The van der Waals surface area contributed by atoms with E-state index in [0.717, 1.165) is 0 Å². The molecule has 0 bridgehead atoms. The van der Waals surface area contributed by atoms with Gasteiger partial charge >= 0.3 is 12.1 Å². The van der Waals surface area contributed by atoms with E-state index >= 15 is 0 Å². The van der Waals surface area contributed by atoms with Crippen LogP contribution >= 0.6 is 0 Å². The number of carbonyl (C=O) groups is 2. The zero-order valence-corrected chi connectivity index (χ0v) is 17.6. The Morgan fingerprint density at radius 1 is 1.16 bits per heavy atom. The molecule has 0 saturated carbocycles. The van der Waals surface area contributed by atoms with Crippen LogP contribution in [-0.4, -0.2) is 40.1 Å². The fourth-order valence-corrected chi connectivity index (χ4v) is 3.77. The molecule has 0 fully saturated rings. The van der Waals surface area contributed by atoms with Crippen molar-refractivity contribution in [3.05, 3.63) is 77.6 Å². The Hall–Kier alpha value is -4.05. The lowest BCUT2D eigenvalue weighted by Crippen LogP contribution is -2.26. The number of fused-ring (bicyclic) bond motifs is 3. The number of aromatic nitrogens is 2. The second kappa shape index (κ2) is 9.40. The van der Waals surface area contributed by atoms with Gasteiger partial charge in [-0.25, -0.2) is 9.59 Å². The molecule has 0 spiro atoms. The SMILES string of the molecule is C[C@@H](C(=O)O)n1cc(C#CCCNC(=O)OCC2c3ccccc3-c3ccccc32)cn1. The summed E-state index contributed by atoms with van der Waals surface area (Å²) in [7, 11) is 0. The zero-order chi connectivity index (χ0) is 22.5. The summed E-state index contributed by atoms with van der Waals surface area (Å²) in [6.45, 7) is 2.17. The molecule has 1 heterocycles. The van der Waals surface area contributed by atoms with Crippen LogP contribution in [0.1, 0.15) is 42.0 Å². The molecule has 162 valence electrons. The normalized spacial score (nSPS) is 12.8. The van der Waals surface area contributed by atoms with Crippen LogP contribution in [0, 0.1) is 11.8 Å². The third-order valence-corrected chi connectivity index (χ3v) is 5.45. The van der Waals surface area contributed by atoms with Crippen LogP contribution in [0.4, 0.5) is 4.79 Å². The van der Waals surface area contributed by atoms with Crippen LogP contribution in [0.15, 0.2) is 60.9 Å². The predicted molar refractivity (Wildman–Crippen MR) is 119 cm³/mol. The highest BCUT2D eigenvalue weighted by Crippen LogP contribution is 2.44. The Labute approximate surface area is 186 Å². The third-order valence-electron chi connectivity index (χ3n) is 5.45. The minimum absolute atomic E-state index is 0.0256. The fourth-order valence-electron chi connectivity index (χ4n) is 3.77. The van der Waals surface area contributed by atoms with Crippen LogP contribution in [0.3, 0.4) is 0 Å². The Balaban J connectivity index is 1.26. The van der Waals surface area contributed by atoms with E-state index in [1.165, 1.54) is 33.1 Å². The fraction of sp³-hybridized carbons (Fsp3) is 0.240. The first-order chi connectivity index (χ1) is 15.5. The Kier molecular flexibility index (Phi) is 6.22. The highest BCUT2D eigenvalue weighted by molar-refractivity contribution is 5.79. The molecular weight excluding hydrogens is 406 g/mol. The molecular formula is C25H23N3O4. The number of rotatable bonds is 6. The van der Waals surface area contributed by atoms with Gasteiger partial charge in [-0.1, -0.05) is 60.4 Å². The predicted octanol–water partition coefficient (Wildman–Crippen LogP) is 3.81. The van der Waals surface area contributed by atoms with Gasteiger partial charge in [0.15, 0.2) is 0 Å². The van der Waals surface area contributed by atoms with Crippen molar-refractivity contribution in [1.82, 2.24) is 15.1 Å². The maximum Gasteiger partial charge on any atom is 0.407 e. The highest BCUT2D eigenvalue weighted by Gasteiger charge is 2.28. The Morgan fingerprint density at radius 2 is 1.81 bits per heavy atom. The summed E-state index contributed by atoms with van der Waals surface area (Å²) < 4.78 is 6.84. The molecule has 1 atom stereocenters. The van der Waals surface area contributed by atoms with Gasteiger partial charge in [-0.15, -0.1) is 0 Å². The van der Waals surface area contributed by atoms with Gasteiger partial charge in [0.25, 0.3) is 0 Å².